The summed E-state index contributed by atoms with van der Waals surface area (Å²) < 4.78 is 5.60. The van der Waals surface area contributed by atoms with Crippen molar-refractivity contribution in [3.05, 3.63) is 17.5 Å². The van der Waals surface area contributed by atoms with Crippen LogP contribution in [0.2, 0.25) is 0 Å². The fourth-order valence-electron chi connectivity index (χ4n) is 4.19. The normalized spacial score (nSPS) is 32.5. The van der Waals surface area contributed by atoms with Crippen LogP contribution in [0.5, 0.6) is 0 Å². The third kappa shape index (κ3) is 2.37. The summed E-state index contributed by atoms with van der Waals surface area (Å²) in [5.74, 6) is 1.05. The molecule has 4 rings (SSSR count). The molecule has 0 bridgehead atoms. The molecule has 0 radical (unpaired) electrons. The molecule has 1 aliphatic heterocycles. The number of aromatic nitrogens is 2. The Hall–Kier alpha value is -1.36. The molecule has 2 N–H and O–H groups in total. The van der Waals surface area contributed by atoms with Crippen LogP contribution in [0, 0.1) is 5.92 Å². The van der Waals surface area contributed by atoms with E-state index in [0.717, 1.165) is 30.7 Å². The van der Waals surface area contributed by atoms with Crippen molar-refractivity contribution in [3.63, 3.8) is 0 Å². The molecule has 1 saturated heterocycles. The van der Waals surface area contributed by atoms with Gasteiger partial charge in [0.25, 0.3) is 5.91 Å². The number of nitrogens with one attached hydrogen (secondary N) is 2. The maximum atomic E-state index is 12.5. The minimum atomic E-state index is 0.0414. The fraction of sp³-hybridized carbons (Fsp3) is 0.750. The number of H-pyrrole nitrogens is 1. The first-order chi connectivity index (χ1) is 10.3. The highest BCUT2D eigenvalue weighted by molar-refractivity contribution is 5.95. The van der Waals surface area contributed by atoms with E-state index in [1.54, 1.807) is 6.20 Å². The van der Waals surface area contributed by atoms with E-state index in [4.69, 9.17) is 4.74 Å². The first-order valence-electron chi connectivity index (χ1n) is 8.28. The van der Waals surface area contributed by atoms with Crippen molar-refractivity contribution in [2.75, 3.05) is 6.61 Å². The summed E-state index contributed by atoms with van der Waals surface area (Å²) in [7, 11) is 0. The molecule has 21 heavy (non-hydrogen) atoms. The van der Waals surface area contributed by atoms with Gasteiger partial charge in [0.05, 0.1) is 23.6 Å². The van der Waals surface area contributed by atoms with E-state index in [1.165, 1.54) is 32.1 Å². The van der Waals surface area contributed by atoms with Crippen LogP contribution in [0.4, 0.5) is 0 Å². The van der Waals surface area contributed by atoms with Crippen molar-refractivity contribution < 1.29 is 9.53 Å². The topological polar surface area (TPSA) is 67.0 Å². The number of hydrogen-bond acceptors (Lipinski definition) is 3. The van der Waals surface area contributed by atoms with Gasteiger partial charge in [-0.3, -0.25) is 9.89 Å². The second kappa shape index (κ2) is 5.44. The van der Waals surface area contributed by atoms with Gasteiger partial charge in [0.1, 0.15) is 0 Å². The second-order valence-electron chi connectivity index (χ2n) is 6.71. The number of rotatable bonds is 3. The number of hydrogen-bond donors (Lipinski definition) is 2. The van der Waals surface area contributed by atoms with E-state index in [9.17, 15) is 4.79 Å². The smallest absolute Gasteiger partial charge is 0.254 e. The van der Waals surface area contributed by atoms with Gasteiger partial charge in [-0.25, -0.2) is 0 Å². The van der Waals surface area contributed by atoms with E-state index in [1.807, 2.05) is 0 Å². The van der Waals surface area contributed by atoms with Crippen LogP contribution in [0.25, 0.3) is 0 Å². The van der Waals surface area contributed by atoms with Crippen LogP contribution in [0.15, 0.2) is 6.20 Å². The molecule has 3 atom stereocenters. The summed E-state index contributed by atoms with van der Waals surface area (Å²) in [5.41, 5.74) is 1.80. The second-order valence-corrected chi connectivity index (χ2v) is 6.71. The van der Waals surface area contributed by atoms with Crippen molar-refractivity contribution in [1.82, 2.24) is 15.5 Å². The zero-order chi connectivity index (χ0) is 14.2. The summed E-state index contributed by atoms with van der Waals surface area (Å²) >= 11 is 0. The van der Waals surface area contributed by atoms with Crippen molar-refractivity contribution in [3.8, 4) is 0 Å². The van der Waals surface area contributed by atoms with Gasteiger partial charge < -0.3 is 10.1 Å². The number of carbonyl (C=O) groups is 1. The van der Waals surface area contributed by atoms with E-state index >= 15 is 0 Å². The van der Waals surface area contributed by atoms with Crippen molar-refractivity contribution >= 4 is 5.91 Å². The minimum absolute atomic E-state index is 0.0414. The number of ether oxygens (including phenoxy) is 1. The van der Waals surface area contributed by atoms with Gasteiger partial charge in [0, 0.05) is 24.5 Å². The molecule has 3 fully saturated rings. The van der Waals surface area contributed by atoms with E-state index in [-0.39, 0.29) is 5.91 Å². The largest absolute Gasteiger partial charge is 0.378 e. The summed E-state index contributed by atoms with van der Waals surface area (Å²) in [5, 5.41) is 10.4. The number of nitrogens with zero attached hydrogens (tertiary/aromatic N) is 1. The molecule has 0 spiro atoms. The molecule has 1 amide bonds. The summed E-state index contributed by atoms with van der Waals surface area (Å²) in [6.45, 7) is 0.848. The van der Waals surface area contributed by atoms with Gasteiger partial charge >= 0.3 is 0 Å². The summed E-state index contributed by atoms with van der Waals surface area (Å²) in [4.78, 5) is 12.5. The molecule has 0 aromatic carbocycles. The molecule has 1 aromatic heterocycles. The SMILES string of the molecule is O=C(N[C@@H]1C[C@H]2OCC[C@@H]12)c1cn[nH]c1C1CCCCC1. The van der Waals surface area contributed by atoms with Gasteiger partial charge in [0.2, 0.25) is 0 Å². The van der Waals surface area contributed by atoms with Crippen LogP contribution < -0.4 is 5.32 Å². The number of aromatic amines is 1. The van der Waals surface area contributed by atoms with Crippen LogP contribution >= 0.6 is 0 Å². The van der Waals surface area contributed by atoms with E-state index in [2.05, 4.69) is 15.5 Å². The lowest BCUT2D eigenvalue weighted by Crippen LogP contribution is -2.53. The summed E-state index contributed by atoms with van der Waals surface area (Å²) in [6.07, 6.45) is 10.3. The molecule has 5 heteroatoms. The van der Waals surface area contributed by atoms with Crippen molar-refractivity contribution in [2.24, 2.45) is 5.92 Å². The van der Waals surface area contributed by atoms with Gasteiger partial charge in [-0.15, -0.1) is 0 Å². The molecule has 0 unspecified atom stereocenters. The minimum Gasteiger partial charge on any atom is -0.378 e. The Balaban J connectivity index is 1.43. The first-order valence-corrected chi connectivity index (χ1v) is 8.28. The van der Waals surface area contributed by atoms with Gasteiger partial charge in [-0.2, -0.15) is 5.10 Å². The summed E-state index contributed by atoms with van der Waals surface area (Å²) in [6, 6.07) is 0.291. The van der Waals surface area contributed by atoms with Crippen molar-refractivity contribution in [1.29, 1.82) is 0 Å². The van der Waals surface area contributed by atoms with Crippen molar-refractivity contribution in [2.45, 2.75) is 63.0 Å². The van der Waals surface area contributed by atoms with Gasteiger partial charge in [-0.1, -0.05) is 19.3 Å². The van der Waals surface area contributed by atoms with Crippen LogP contribution in [0.3, 0.4) is 0 Å². The average molecular weight is 289 g/mol. The number of carbonyl (C=O) groups excluding carboxylic acids is 1. The van der Waals surface area contributed by atoms with E-state index < -0.39 is 0 Å². The monoisotopic (exact) mass is 289 g/mol. The highest BCUT2D eigenvalue weighted by Crippen LogP contribution is 2.39. The predicted molar refractivity (Wildman–Crippen MR) is 78.1 cm³/mol. The lowest BCUT2D eigenvalue weighted by Gasteiger charge is -2.39. The molecule has 114 valence electrons. The quantitative estimate of drug-likeness (QED) is 0.897. The third-order valence-corrected chi connectivity index (χ3v) is 5.51. The Morgan fingerprint density at radius 2 is 2.14 bits per heavy atom. The Labute approximate surface area is 124 Å². The van der Waals surface area contributed by atoms with Crippen LogP contribution in [0.1, 0.15) is 66.9 Å². The lowest BCUT2D eigenvalue weighted by molar-refractivity contribution is 0.00808. The Bertz CT molecular complexity index is 521. The highest BCUT2D eigenvalue weighted by atomic mass is 16.5. The first kappa shape index (κ1) is 13.3. The highest BCUT2D eigenvalue weighted by Gasteiger charge is 2.46. The number of amides is 1. The zero-order valence-electron chi connectivity index (χ0n) is 12.3. The molecule has 2 aliphatic carbocycles. The standard InChI is InChI=1S/C16H23N3O2/c20-16(18-13-8-14-11(13)6-7-21-14)12-9-17-19-15(12)10-4-2-1-3-5-10/h9-11,13-14H,1-8H2,(H,17,19)(H,18,20)/t11-,13+,14+/m0/s1. The predicted octanol–water partition coefficient (Wildman–Crippen LogP) is 2.36. The van der Waals surface area contributed by atoms with Gasteiger partial charge in [-0.05, 0) is 25.7 Å². The molecular formula is C16H23N3O2. The average Bonchev–Trinajstić information content (AvgIpc) is 3.12. The molecule has 2 saturated carbocycles. The maximum Gasteiger partial charge on any atom is 0.254 e. The van der Waals surface area contributed by atoms with Crippen LogP contribution in [-0.2, 0) is 4.74 Å². The van der Waals surface area contributed by atoms with Gasteiger partial charge in [0.15, 0.2) is 0 Å². The Kier molecular flexibility index (Phi) is 3.45. The number of fused-ring (bicyclic) bond motifs is 1. The molecular weight excluding hydrogens is 266 g/mol. The van der Waals surface area contributed by atoms with E-state index in [0.29, 0.717) is 24.0 Å². The third-order valence-electron chi connectivity index (χ3n) is 5.51. The molecule has 3 aliphatic rings. The van der Waals surface area contributed by atoms with Crippen LogP contribution in [-0.4, -0.2) is 34.9 Å². The maximum absolute atomic E-state index is 12.5. The zero-order valence-corrected chi connectivity index (χ0v) is 12.3. The molecule has 1 aromatic rings. The molecule has 5 nitrogen and oxygen atoms in total. The lowest BCUT2D eigenvalue weighted by atomic mass is 9.76. The Morgan fingerprint density at radius 1 is 1.29 bits per heavy atom. The molecule has 2 heterocycles. The Morgan fingerprint density at radius 3 is 2.95 bits per heavy atom. The fourth-order valence-corrected chi connectivity index (χ4v) is 4.19.